The molecule has 116 valence electrons. The minimum absolute atomic E-state index is 0.0633. The van der Waals surface area contributed by atoms with Crippen molar-refractivity contribution in [3.63, 3.8) is 0 Å². The Labute approximate surface area is 132 Å². The van der Waals surface area contributed by atoms with Crippen LogP contribution in [0.2, 0.25) is 5.02 Å². The third-order valence-corrected chi connectivity index (χ3v) is 5.76. The number of nitriles is 1. The van der Waals surface area contributed by atoms with Crippen molar-refractivity contribution in [1.29, 1.82) is 5.26 Å². The number of hydrogen-bond acceptors (Lipinski definition) is 3. The van der Waals surface area contributed by atoms with Crippen LogP contribution in [0.25, 0.3) is 0 Å². The number of nitrogens with zero attached hydrogens (tertiary/aromatic N) is 2. The fourth-order valence-corrected chi connectivity index (χ4v) is 4.28. The van der Waals surface area contributed by atoms with Gasteiger partial charge in [-0.2, -0.15) is 9.57 Å². The van der Waals surface area contributed by atoms with Gasteiger partial charge >= 0.3 is 0 Å². The summed E-state index contributed by atoms with van der Waals surface area (Å²) in [6, 6.07) is 6.08. The van der Waals surface area contributed by atoms with E-state index in [0.29, 0.717) is 12.1 Å². The largest absolute Gasteiger partial charge is 0.244 e. The van der Waals surface area contributed by atoms with Crippen LogP contribution in [0.3, 0.4) is 0 Å². The molecule has 0 aliphatic heterocycles. The molecular weight excluding hydrogens is 308 g/mol. The van der Waals surface area contributed by atoms with E-state index in [1.54, 1.807) is 0 Å². The molecule has 1 rings (SSSR count). The number of halogens is 1. The first kappa shape index (κ1) is 18.0. The van der Waals surface area contributed by atoms with Gasteiger partial charge in [0.25, 0.3) is 0 Å². The van der Waals surface area contributed by atoms with Gasteiger partial charge in [0.15, 0.2) is 0 Å². The van der Waals surface area contributed by atoms with Crippen molar-refractivity contribution in [2.75, 3.05) is 6.54 Å². The van der Waals surface area contributed by atoms with Crippen LogP contribution in [0.15, 0.2) is 23.1 Å². The molecule has 0 heterocycles. The maximum absolute atomic E-state index is 12.7. The summed E-state index contributed by atoms with van der Waals surface area (Å²) in [5.74, 6) is 0. The van der Waals surface area contributed by atoms with Crippen LogP contribution in [-0.4, -0.2) is 25.3 Å². The zero-order chi connectivity index (χ0) is 16.0. The number of hydrogen-bond donors (Lipinski definition) is 0. The van der Waals surface area contributed by atoms with Crippen molar-refractivity contribution in [2.24, 2.45) is 0 Å². The van der Waals surface area contributed by atoms with Gasteiger partial charge in [0, 0.05) is 12.6 Å². The number of sulfonamides is 1. The van der Waals surface area contributed by atoms with Gasteiger partial charge in [-0.25, -0.2) is 8.42 Å². The van der Waals surface area contributed by atoms with E-state index in [0.717, 1.165) is 19.3 Å². The average Bonchev–Trinajstić information content (AvgIpc) is 2.42. The lowest BCUT2D eigenvalue weighted by atomic mass is 10.2. The average molecular weight is 329 g/mol. The van der Waals surface area contributed by atoms with Crippen molar-refractivity contribution >= 4 is 21.6 Å². The first-order chi connectivity index (χ1) is 9.84. The third-order valence-electron chi connectivity index (χ3n) is 3.21. The van der Waals surface area contributed by atoms with Crippen LogP contribution in [0.1, 0.15) is 45.6 Å². The summed E-state index contributed by atoms with van der Waals surface area (Å²) in [5.41, 5.74) is 0.348. The van der Waals surface area contributed by atoms with E-state index in [-0.39, 0.29) is 16.0 Å². The van der Waals surface area contributed by atoms with Crippen LogP contribution < -0.4 is 0 Å². The second-order valence-corrected chi connectivity index (χ2v) is 7.44. The minimum Gasteiger partial charge on any atom is -0.207 e. The molecule has 0 spiro atoms. The molecule has 1 aromatic rings. The van der Waals surface area contributed by atoms with E-state index >= 15 is 0 Å². The minimum atomic E-state index is -3.64. The monoisotopic (exact) mass is 328 g/mol. The smallest absolute Gasteiger partial charge is 0.207 e. The predicted molar refractivity (Wildman–Crippen MR) is 84.7 cm³/mol. The molecule has 21 heavy (non-hydrogen) atoms. The second-order valence-electron chi connectivity index (χ2n) is 5.17. The molecule has 0 amide bonds. The van der Waals surface area contributed by atoms with E-state index < -0.39 is 10.0 Å². The Balaban J connectivity index is 3.14. The van der Waals surface area contributed by atoms with Gasteiger partial charge in [-0.3, -0.25) is 0 Å². The van der Waals surface area contributed by atoms with Crippen molar-refractivity contribution in [3.05, 3.63) is 28.8 Å². The van der Waals surface area contributed by atoms with Crippen molar-refractivity contribution in [2.45, 2.75) is 51.0 Å². The first-order valence-corrected chi connectivity index (χ1v) is 8.87. The lowest BCUT2D eigenvalue weighted by molar-refractivity contribution is 0.345. The summed E-state index contributed by atoms with van der Waals surface area (Å²) in [4.78, 5) is 0.0633. The molecule has 4 nitrogen and oxygen atoms in total. The molecule has 0 fully saturated rings. The molecule has 0 bridgehead atoms. The number of rotatable bonds is 7. The SMILES string of the molecule is CCCCCN(C(C)C)S(=O)(=O)c1ccc(C#N)cc1Cl. The summed E-state index contributed by atoms with van der Waals surface area (Å²) in [6.07, 6.45) is 2.84. The van der Waals surface area contributed by atoms with Gasteiger partial charge in [-0.15, -0.1) is 0 Å². The Morgan fingerprint density at radius 2 is 2.00 bits per heavy atom. The van der Waals surface area contributed by atoms with Crippen LogP contribution in [0.5, 0.6) is 0 Å². The van der Waals surface area contributed by atoms with Gasteiger partial charge < -0.3 is 0 Å². The summed E-state index contributed by atoms with van der Waals surface area (Å²) >= 11 is 6.05. The molecule has 0 atom stereocenters. The number of benzene rings is 1. The van der Waals surface area contributed by atoms with E-state index in [1.807, 2.05) is 19.9 Å². The van der Waals surface area contributed by atoms with Gasteiger partial charge in [0.05, 0.1) is 16.7 Å². The first-order valence-electron chi connectivity index (χ1n) is 7.06. The molecule has 0 saturated heterocycles. The maximum atomic E-state index is 12.7. The summed E-state index contributed by atoms with van der Waals surface area (Å²) in [7, 11) is -3.64. The van der Waals surface area contributed by atoms with Crippen LogP contribution >= 0.6 is 11.6 Å². The maximum Gasteiger partial charge on any atom is 0.244 e. The van der Waals surface area contributed by atoms with Gasteiger partial charge in [0.2, 0.25) is 10.0 Å². The van der Waals surface area contributed by atoms with Crippen molar-refractivity contribution in [3.8, 4) is 6.07 Å². The predicted octanol–water partition coefficient (Wildman–Crippen LogP) is 3.80. The summed E-state index contributed by atoms with van der Waals surface area (Å²) < 4.78 is 27.0. The van der Waals surface area contributed by atoms with Gasteiger partial charge in [0.1, 0.15) is 4.90 Å². The highest BCUT2D eigenvalue weighted by Gasteiger charge is 2.28. The molecular formula is C15H21ClN2O2S. The molecule has 0 N–H and O–H groups in total. The second kappa shape index (κ2) is 7.79. The van der Waals surface area contributed by atoms with Gasteiger partial charge in [-0.1, -0.05) is 31.4 Å². The van der Waals surface area contributed by atoms with Gasteiger partial charge in [-0.05, 0) is 38.5 Å². The lowest BCUT2D eigenvalue weighted by Gasteiger charge is -2.26. The quantitative estimate of drug-likeness (QED) is 0.715. The summed E-state index contributed by atoms with van der Waals surface area (Å²) in [6.45, 7) is 6.25. The Kier molecular flexibility index (Phi) is 6.66. The highest BCUT2D eigenvalue weighted by molar-refractivity contribution is 7.89. The fourth-order valence-electron chi connectivity index (χ4n) is 2.08. The molecule has 0 saturated carbocycles. The van der Waals surface area contributed by atoms with E-state index in [1.165, 1.54) is 22.5 Å². The topological polar surface area (TPSA) is 61.2 Å². The highest BCUT2D eigenvalue weighted by atomic mass is 35.5. The Hall–Kier alpha value is -1.09. The molecule has 0 aromatic heterocycles. The van der Waals surface area contributed by atoms with E-state index in [4.69, 9.17) is 16.9 Å². The van der Waals surface area contributed by atoms with Crippen LogP contribution in [0, 0.1) is 11.3 Å². The normalized spacial score (nSPS) is 11.9. The van der Waals surface area contributed by atoms with Crippen molar-refractivity contribution < 1.29 is 8.42 Å². The summed E-state index contributed by atoms with van der Waals surface area (Å²) in [5, 5.41) is 8.92. The molecule has 0 unspecified atom stereocenters. The standard InChI is InChI=1S/C15H21ClN2O2S/c1-4-5-6-9-18(12(2)3)21(19,20)15-8-7-13(11-17)10-14(15)16/h7-8,10,12H,4-6,9H2,1-3H3. The highest BCUT2D eigenvalue weighted by Crippen LogP contribution is 2.27. The Bertz CT molecular complexity index is 621. The molecule has 6 heteroatoms. The molecule has 0 aliphatic rings. The molecule has 0 radical (unpaired) electrons. The molecule has 1 aromatic carbocycles. The lowest BCUT2D eigenvalue weighted by Crippen LogP contribution is -2.37. The molecule has 0 aliphatic carbocycles. The van der Waals surface area contributed by atoms with E-state index in [2.05, 4.69) is 6.92 Å². The Morgan fingerprint density at radius 3 is 2.48 bits per heavy atom. The van der Waals surface area contributed by atoms with Crippen LogP contribution in [0.4, 0.5) is 0 Å². The number of unbranched alkanes of at least 4 members (excludes halogenated alkanes) is 2. The zero-order valence-electron chi connectivity index (χ0n) is 12.6. The fraction of sp³-hybridized carbons (Fsp3) is 0.533. The third kappa shape index (κ3) is 4.44. The Morgan fingerprint density at radius 1 is 1.33 bits per heavy atom. The van der Waals surface area contributed by atoms with E-state index in [9.17, 15) is 8.42 Å². The van der Waals surface area contributed by atoms with Crippen LogP contribution in [-0.2, 0) is 10.0 Å². The van der Waals surface area contributed by atoms with Crippen molar-refractivity contribution in [1.82, 2.24) is 4.31 Å². The zero-order valence-corrected chi connectivity index (χ0v) is 14.2.